The van der Waals surface area contributed by atoms with Crippen LogP contribution in [0, 0.1) is 0 Å². The Morgan fingerprint density at radius 1 is 1.32 bits per heavy atom. The number of nitrogens with one attached hydrogen (secondary N) is 1. The molecule has 8 heteroatoms. The van der Waals surface area contributed by atoms with E-state index in [1.54, 1.807) is 23.1 Å². The van der Waals surface area contributed by atoms with Crippen LogP contribution in [0.25, 0.3) is 0 Å². The number of anilines is 1. The van der Waals surface area contributed by atoms with Gasteiger partial charge < -0.3 is 19.9 Å². The quantitative estimate of drug-likeness (QED) is 0.556. The molecule has 1 aliphatic heterocycles. The number of rotatable bonds is 7. The average Bonchev–Trinajstić information content (AvgIpc) is 2.59. The predicted octanol–water partition coefficient (Wildman–Crippen LogP) is -0.161. The molecule has 8 nitrogen and oxygen atoms in total. The predicted molar refractivity (Wildman–Crippen MR) is 80.6 cm³/mol. The minimum Gasteiger partial charge on any atom is -0.385 e. The summed E-state index contributed by atoms with van der Waals surface area (Å²) in [6.45, 7) is 3.59. The van der Waals surface area contributed by atoms with E-state index in [2.05, 4.69) is 15.3 Å². The lowest BCUT2D eigenvalue weighted by atomic mass is 10.3. The van der Waals surface area contributed by atoms with Crippen LogP contribution in [0.5, 0.6) is 0 Å². The Balaban J connectivity index is 1.84. The number of piperazine rings is 1. The average molecular weight is 307 g/mol. The first kappa shape index (κ1) is 16.2. The van der Waals surface area contributed by atoms with Gasteiger partial charge in [0.25, 0.3) is 5.91 Å². The van der Waals surface area contributed by atoms with Crippen molar-refractivity contribution in [3.63, 3.8) is 0 Å². The number of hydrogen-bond acceptors (Lipinski definition) is 6. The SMILES string of the molecule is COCCCNc1cnc(C(=O)N2CCN(C=O)CC2)cn1. The summed E-state index contributed by atoms with van der Waals surface area (Å²) in [6, 6.07) is 0. The van der Waals surface area contributed by atoms with Crippen molar-refractivity contribution in [3.8, 4) is 0 Å². The highest BCUT2D eigenvalue weighted by Gasteiger charge is 2.22. The molecule has 1 aromatic heterocycles. The van der Waals surface area contributed by atoms with Crippen LogP contribution in [0.1, 0.15) is 16.9 Å². The minimum absolute atomic E-state index is 0.149. The van der Waals surface area contributed by atoms with Crippen LogP contribution < -0.4 is 5.32 Å². The molecular formula is C14H21N5O3. The van der Waals surface area contributed by atoms with Gasteiger partial charge >= 0.3 is 0 Å². The van der Waals surface area contributed by atoms with E-state index in [1.807, 2.05) is 0 Å². The van der Waals surface area contributed by atoms with Crippen LogP contribution in [0.3, 0.4) is 0 Å². The molecule has 0 bridgehead atoms. The van der Waals surface area contributed by atoms with Crippen molar-refractivity contribution < 1.29 is 14.3 Å². The molecule has 0 spiro atoms. The summed E-state index contributed by atoms with van der Waals surface area (Å²) in [7, 11) is 1.66. The van der Waals surface area contributed by atoms with Gasteiger partial charge in [0.05, 0.1) is 12.4 Å². The Labute approximate surface area is 129 Å². The first-order valence-corrected chi connectivity index (χ1v) is 7.28. The number of nitrogens with zero attached hydrogens (tertiary/aromatic N) is 4. The van der Waals surface area contributed by atoms with Crippen molar-refractivity contribution in [2.24, 2.45) is 0 Å². The van der Waals surface area contributed by atoms with E-state index in [1.165, 1.54) is 6.20 Å². The molecule has 2 amide bonds. The summed E-state index contributed by atoms with van der Waals surface area (Å²) >= 11 is 0. The van der Waals surface area contributed by atoms with Gasteiger partial charge in [-0.3, -0.25) is 9.59 Å². The molecule has 1 fully saturated rings. The highest BCUT2D eigenvalue weighted by Crippen LogP contribution is 2.07. The first-order chi connectivity index (χ1) is 10.7. The van der Waals surface area contributed by atoms with E-state index in [0.29, 0.717) is 44.3 Å². The van der Waals surface area contributed by atoms with Crippen LogP contribution in [0.15, 0.2) is 12.4 Å². The molecular weight excluding hydrogens is 286 g/mol. The van der Waals surface area contributed by atoms with E-state index in [-0.39, 0.29) is 5.91 Å². The van der Waals surface area contributed by atoms with Crippen LogP contribution in [0.2, 0.25) is 0 Å². The van der Waals surface area contributed by atoms with Gasteiger partial charge in [-0.1, -0.05) is 0 Å². The summed E-state index contributed by atoms with van der Waals surface area (Å²) in [4.78, 5) is 34.6. The highest BCUT2D eigenvalue weighted by atomic mass is 16.5. The number of carbonyl (C=O) groups is 2. The number of carbonyl (C=O) groups excluding carboxylic acids is 2. The zero-order valence-corrected chi connectivity index (χ0v) is 12.7. The fourth-order valence-corrected chi connectivity index (χ4v) is 2.16. The second kappa shape index (κ2) is 8.28. The van der Waals surface area contributed by atoms with Gasteiger partial charge in [0.2, 0.25) is 6.41 Å². The molecule has 0 atom stereocenters. The van der Waals surface area contributed by atoms with Crippen LogP contribution in [0.4, 0.5) is 5.82 Å². The van der Waals surface area contributed by atoms with Gasteiger partial charge in [0.1, 0.15) is 11.5 Å². The Bertz CT molecular complexity index is 486. The molecule has 1 saturated heterocycles. The fraction of sp³-hybridized carbons (Fsp3) is 0.571. The van der Waals surface area contributed by atoms with E-state index in [4.69, 9.17) is 4.74 Å². The number of methoxy groups -OCH3 is 1. The van der Waals surface area contributed by atoms with E-state index < -0.39 is 0 Å². The maximum Gasteiger partial charge on any atom is 0.274 e. The van der Waals surface area contributed by atoms with Crippen molar-refractivity contribution in [1.29, 1.82) is 0 Å². The maximum absolute atomic E-state index is 12.3. The zero-order chi connectivity index (χ0) is 15.8. The number of amides is 2. The summed E-state index contributed by atoms with van der Waals surface area (Å²) in [6.07, 6.45) is 4.72. The maximum atomic E-state index is 12.3. The highest BCUT2D eigenvalue weighted by molar-refractivity contribution is 5.92. The first-order valence-electron chi connectivity index (χ1n) is 7.28. The molecule has 2 heterocycles. The Morgan fingerprint density at radius 3 is 2.68 bits per heavy atom. The lowest BCUT2D eigenvalue weighted by Crippen LogP contribution is -2.48. The van der Waals surface area contributed by atoms with E-state index >= 15 is 0 Å². The largest absolute Gasteiger partial charge is 0.385 e. The molecule has 2 rings (SSSR count). The number of ether oxygens (including phenoxy) is 1. The monoisotopic (exact) mass is 307 g/mol. The molecule has 120 valence electrons. The third kappa shape index (κ3) is 4.39. The van der Waals surface area contributed by atoms with Crippen molar-refractivity contribution in [2.45, 2.75) is 6.42 Å². The topological polar surface area (TPSA) is 87.7 Å². The van der Waals surface area contributed by atoms with Crippen molar-refractivity contribution >= 4 is 18.1 Å². The normalized spacial score (nSPS) is 14.8. The van der Waals surface area contributed by atoms with E-state index in [0.717, 1.165) is 19.4 Å². The lowest BCUT2D eigenvalue weighted by molar-refractivity contribution is -0.119. The summed E-state index contributed by atoms with van der Waals surface area (Å²) in [5, 5.41) is 3.11. The second-order valence-electron chi connectivity index (χ2n) is 4.99. The van der Waals surface area contributed by atoms with Crippen LogP contribution >= 0.6 is 0 Å². The smallest absolute Gasteiger partial charge is 0.274 e. The zero-order valence-electron chi connectivity index (χ0n) is 12.7. The fourth-order valence-electron chi connectivity index (χ4n) is 2.16. The number of aromatic nitrogens is 2. The molecule has 1 aliphatic rings. The number of hydrogen-bond donors (Lipinski definition) is 1. The lowest BCUT2D eigenvalue weighted by Gasteiger charge is -2.32. The summed E-state index contributed by atoms with van der Waals surface area (Å²) in [5.74, 6) is 0.488. The molecule has 1 N–H and O–H groups in total. The molecule has 1 aromatic rings. The van der Waals surface area contributed by atoms with Gasteiger partial charge in [0, 0.05) is 46.4 Å². The van der Waals surface area contributed by atoms with Crippen LogP contribution in [-0.4, -0.2) is 78.5 Å². The molecule has 0 aliphatic carbocycles. The Morgan fingerprint density at radius 2 is 2.09 bits per heavy atom. The molecule has 0 radical (unpaired) electrons. The van der Waals surface area contributed by atoms with Crippen molar-refractivity contribution in [2.75, 3.05) is 51.8 Å². The summed E-state index contributed by atoms with van der Waals surface area (Å²) in [5.41, 5.74) is 0.321. The van der Waals surface area contributed by atoms with Gasteiger partial charge in [-0.05, 0) is 6.42 Å². The van der Waals surface area contributed by atoms with Crippen LogP contribution in [-0.2, 0) is 9.53 Å². The molecule has 0 aromatic carbocycles. The Hall–Kier alpha value is -2.22. The third-order valence-corrected chi connectivity index (χ3v) is 3.45. The Kier molecular flexibility index (Phi) is 6.08. The van der Waals surface area contributed by atoms with Gasteiger partial charge in [-0.2, -0.15) is 0 Å². The summed E-state index contributed by atoms with van der Waals surface area (Å²) < 4.78 is 4.96. The second-order valence-corrected chi connectivity index (χ2v) is 4.99. The minimum atomic E-state index is -0.149. The van der Waals surface area contributed by atoms with Gasteiger partial charge in [-0.15, -0.1) is 0 Å². The molecule has 0 saturated carbocycles. The van der Waals surface area contributed by atoms with Gasteiger partial charge in [0.15, 0.2) is 0 Å². The van der Waals surface area contributed by atoms with Crippen molar-refractivity contribution in [3.05, 3.63) is 18.1 Å². The van der Waals surface area contributed by atoms with Gasteiger partial charge in [-0.25, -0.2) is 9.97 Å². The molecule has 0 unspecified atom stereocenters. The standard InChI is InChI=1S/C14H21N5O3/c1-22-8-2-3-15-13-10-16-12(9-17-13)14(21)19-6-4-18(11-20)5-7-19/h9-11H,2-8H2,1H3,(H,15,17). The van der Waals surface area contributed by atoms with Crippen molar-refractivity contribution in [1.82, 2.24) is 19.8 Å². The molecule has 22 heavy (non-hydrogen) atoms. The third-order valence-electron chi connectivity index (χ3n) is 3.45. The van der Waals surface area contributed by atoms with E-state index in [9.17, 15) is 9.59 Å².